The summed E-state index contributed by atoms with van der Waals surface area (Å²) in [4.78, 5) is 4.96. The molecule has 1 aliphatic heterocycles. The van der Waals surface area contributed by atoms with E-state index in [1.54, 1.807) is 6.07 Å². The number of amidine groups is 1. The third-order valence-electron chi connectivity index (χ3n) is 5.01. The van der Waals surface area contributed by atoms with Gasteiger partial charge in [-0.15, -0.1) is 0 Å². The molecule has 6 heteroatoms. The number of hydrogen-bond donors (Lipinski definition) is 3. The van der Waals surface area contributed by atoms with E-state index in [2.05, 4.69) is 5.32 Å². The Morgan fingerprint density at radius 1 is 0.759 bits per heavy atom. The summed E-state index contributed by atoms with van der Waals surface area (Å²) in [5.41, 5.74) is 4.39. The van der Waals surface area contributed by atoms with E-state index in [1.165, 1.54) is 0 Å². The normalized spacial score (nSPS) is 18.4. The molecular formula is C23H20Cl2N2O2. The van der Waals surface area contributed by atoms with E-state index in [0.717, 1.165) is 33.7 Å². The molecule has 3 aromatic carbocycles. The quantitative estimate of drug-likeness (QED) is 0.548. The van der Waals surface area contributed by atoms with Crippen molar-refractivity contribution >= 4 is 29.0 Å². The standard InChI is InChI=1S/C23H20Cl2N2O2/c24-19-5-1-16(2-6-19)21-22(17-3-7-20(25)8-4-17)27-23(26-21)18-10-14(12-28)9-15(11-18)13-29/h1-11,21-22,28-29H,12-13H2,(H,26,27)/t21-,22+. The zero-order valence-electron chi connectivity index (χ0n) is 15.5. The Balaban J connectivity index is 1.76. The average Bonchev–Trinajstić information content (AvgIpc) is 3.20. The molecule has 0 amide bonds. The Kier molecular flexibility index (Phi) is 5.88. The molecule has 0 unspecified atom stereocenters. The minimum atomic E-state index is -0.154. The number of benzene rings is 3. The van der Waals surface area contributed by atoms with Crippen LogP contribution >= 0.6 is 23.2 Å². The SMILES string of the molecule is OCc1cc(CO)cc(C2=N[C@H](c3ccc(Cl)cc3)[C@H](c3ccc(Cl)cc3)N2)c1. The van der Waals surface area contributed by atoms with Gasteiger partial charge in [0.25, 0.3) is 0 Å². The smallest absolute Gasteiger partial charge is 0.129 e. The van der Waals surface area contributed by atoms with Crippen LogP contribution in [0.3, 0.4) is 0 Å². The molecule has 4 rings (SSSR count). The molecule has 3 N–H and O–H groups in total. The van der Waals surface area contributed by atoms with Gasteiger partial charge in [-0.2, -0.15) is 0 Å². The van der Waals surface area contributed by atoms with Crippen LogP contribution in [-0.4, -0.2) is 16.0 Å². The number of nitrogens with one attached hydrogen (secondary N) is 1. The molecule has 0 saturated heterocycles. The van der Waals surface area contributed by atoms with Crippen molar-refractivity contribution in [3.63, 3.8) is 0 Å². The summed E-state index contributed by atoms with van der Waals surface area (Å²) in [6.45, 7) is -0.204. The maximum absolute atomic E-state index is 9.57. The zero-order chi connectivity index (χ0) is 20.4. The largest absolute Gasteiger partial charge is 0.392 e. The molecule has 0 aliphatic carbocycles. The highest BCUT2D eigenvalue weighted by atomic mass is 35.5. The molecule has 1 heterocycles. The van der Waals surface area contributed by atoms with Crippen LogP contribution in [-0.2, 0) is 13.2 Å². The van der Waals surface area contributed by atoms with Crippen LogP contribution in [0.15, 0.2) is 71.7 Å². The van der Waals surface area contributed by atoms with Crippen molar-refractivity contribution in [2.45, 2.75) is 25.3 Å². The van der Waals surface area contributed by atoms with Crippen molar-refractivity contribution in [2.24, 2.45) is 4.99 Å². The first-order chi connectivity index (χ1) is 14.1. The van der Waals surface area contributed by atoms with E-state index < -0.39 is 0 Å². The molecule has 0 bridgehead atoms. The van der Waals surface area contributed by atoms with Gasteiger partial charge in [-0.3, -0.25) is 4.99 Å². The van der Waals surface area contributed by atoms with Gasteiger partial charge >= 0.3 is 0 Å². The van der Waals surface area contributed by atoms with Gasteiger partial charge in [0.2, 0.25) is 0 Å². The highest BCUT2D eigenvalue weighted by Gasteiger charge is 2.32. The van der Waals surface area contributed by atoms with Crippen LogP contribution in [0.2, 0.25) is 10.0 Å². The predicted molar refractivity (Wildman–Crippen MR) is 116 cm³/mol. The second kappa shape index (κ2) is 8.56. The molecular weight excluding hydrogens is 407 g/mol. The number of aliphatic imine (C=N–C) groups is 1. The monoisotopic (exact) mass is 426 g/mol. The number of hydrogen-bond acceptors (Lipinski definition) is 4. The first-order valence-corrected chi connectivity index (χ1v) is 10.0. The van der Waals surface area contributed by atoms with Crippen molar-refractivity contribution < 1.29 is 10.2 Å². The minimum Gasteiger partial charge on any atom is -0.392 e. The molecule has 0 spiro atoms. The second-order valence-corrected chi connectivity index (χ2v) is 7.87. The lowest BCUT2D eigenvalue weighted by atomic mass is 9.95. The third-order valence-corrected chi connectivity index (χ3v) is 5.51. The van der Waals surface area contributed by atoms with Gasteiger partial charge < -0.3 is 15.5 Å². The maximum atomic E-state index is 9.57. The van der Waals surface area contributed by atoms with E-state index in [4.69, 9.17) is 28.2 Å². The van der Waals surface area contributed by atoms with Crippen molar-refractivity contribution in [1.29, 1.82) is 0 Å². The Hall–Kier alpha value is -2.37. The van der Waals surface area contributed by atoms with Gasteiger partial charge in [0.05, 0.1) is 19.3 Å². The molecule has 4 nitrogen and oxygen atoms in total. The zero-order valence-corrected chi connectivity index (χ0v) is 17.0. The van der Waals surface area contributed by atoms with Crippen LogP contribution in [0.1, 0.15) is 39.9 Å². The fraction of sp³-hybridized carbons (Fsp3) is 0.174. The van der Waals surface area contributed by atoms with Crippen molar-refractivity contribution in [2.75, 3.05) is 0 Å². The molecule has 3 aromatic rings. The molecule has 2 atom stereocenters. The van der Waals surface area contributed by atoms with E-state index >= 15 is 0 Å². The summed E-state index contributed by atoms with van der Waals surface area (Å²) >= 11 is 12.1. The lowest BCUT2D eigenvalue weighted by molar-refractivity contribution is 0.275. The van der Waals surface area contributed by atoms with Gasteiger partial charge in [0.15, 0.2) is 0 Å². The van der Waals surface area contributed by atoms with Gasteiger partial charge in [-0.25, -0.2) is 0 Å². The summed E-state index contributed by atoms with van der Waals surface area (Å²) in [6.07, 6.45) is 0. The lowest BCUT2D eigenvalue weighted by Gasteiger charge is -2.20. The van der Waals surface area contributed by atoms with Crippen LogP contribution < -0.4 is 5.32 Å². The first-order valence-electron chi connectivity index (χ1n) is 9.27. The highest BCUT2D eigenvalue weighted by molar-refractivity contribution is 6.30. The lowest BCUT2D eigenvalue weighted by Crippen LogP contribution is -2.25. The predicted octanol–water partition coefficient (Wildman–Crippen LogP) is 4.81. The van der Waals surface area contributed by atoms with Crippen molar-refractivity contribution in [3.05, 3.63) is 105 Å². The number of rotatable bonds is 5. The first kappa shape index (κ1) is 19.9. The number of aliphatic hydroxyl groups is 2. The van der Waals surface area contributed by atoms with Gasteiger partial charge in [0, 0.05) is 15.6 Å². The molecule has 0 fully saturated rings. The molecule has 1 aliphatic rings. The summed E-state index contributed by atoms with van der Waals surface area (Å²) in [6, 6.07) is 20.7. The van der Waals surface area contributed by atoms with E-state index in [0.29, 0.717) is 10.0 Å². The van der Waals surface area contributed by atoms with Crippen molar-refractivity contribution in [3.8, 4) is 0 Å². The van der Waals surface area contributed by atoms with Crippen LogP contribution in [0.5, 0.6) is 0 Å². The average molecular weight is 427 g/mol. The molecule has 148 valence electrons. The van der Waals surface area contributed by atoms with Gasteiger partial charge in [-0.05, 0) is 58.7 Å². The molecule has 0 radical (unpaired) electrons. The highest BCUT2D eigenvalue weighted by Crippen LogP contribution is 2.38. The Morgan fingerprint density at radius 2 is 1.28 bits per heavy atom. The van der Waals surface area contributed by atoms with Crippen LogP contribution in [0.25, 0.3) is 0 Å². The summed E-state index contributed by atoms with van der Waals surface area (Å²) in [5, 5.41) is 24.0. The summed E-state index contributed by atoms with van der Waals surface area (Å²) < 4.78 is 0. The van der Waals surface area contributed by atoms with Crippen LogP contribution in [0.4, 0.5) is 0 Å². The fourth-order valence-corrected chi connectivity index (χ4v) is 3.83. The fourth-order valence-electron chi connectivity index (χ4n) is 3.58. The second-order valence-electron chi connectivity index (χ2n) is 7.00. The van der Waals surface area contributed by atoms with Gasteiger partial charge in [-0.1, -0.05) is 53.5 Å². The third kappa shape index (κ3) is 4.31. The van der Waals surface area contributed by atoms with E-state index in [1.807, 2.05) is 60.7 Å². The number of aliphatic hydroxyl groups excluding tert-OH is 2. The van der Waals surface area contributed by atoms with E-state index in [-0.39, 0.29) is 25.3 Å². The Bertz CT molecular complexity index is 1010. The summed E-state index contributed by atoms with van der Waals surface area (Å²) in [5.74, 6) is 0.718. The summed E-state index contributed by atoms with van der Waals surface area (Å²) in [7, 11) is 0. The molecule has 0 aromatic heterocycles. The molecule has 0 saturated carbocycles. The van der Waals surface area contributed by atoms with E-state index in [9.17, 15) is 10.2 Å². The Labute approximate surface area is 179 Å². The van der Waals surface area contributed by atoms with Gasteiger partial charge in [0.1, 0.15) is 11.9 Å². The minimum absolute atomic E-state index is 0.0844. The number of nitrogens with zero attached hydrogens (tertiary/aromatic N) is 1. The maximum Gasteiger partial charge on any atom is 0.129 e. The number of halogens is 2. The van der Waals surface area contributed by atoms with Crippen molar-refractivity contribution in [1.82, 2.24) is 5.32 Å². The molecule has 29 heavy (non-hydrogen) atoms. The topological polar surface area (TPSA) is 64.8 Å². The Morgan fingerprint density at radius 3 is 1.79 bits per heavy atom. The van der Waals surface area contributed by atoms with Crippen LogP contribution in [0, 0.1) is 0 Å².